The van der Waals surface area contributed by atoms with Crippen LogP contribution in [0.2, 0.25) is 0 Å². The van der Waals surface area contributed by atoms with Crippen molar-refractivity contribution in [2.75, 3.05) is 33.2 Å². The number of aryl methyl sites for hydroxylation is 1. The van der Waals surface area contributed by atoms with E-state index in [2.05, 4.69) is 10.6 Å². The number of hydrogen-bond acceptors (Lipinski definition) is 4. The van der Waals surface area contributed by atoms with Crippen LogP contribution in [0.3, 0.4) is 0 Å². The highest BCUT2D eigenvalue weighted by atomic mass is 32.1. The Morgan fingerprint density at radius 1 is 1.00 bits per heavy atom. The molecule has 0 radical (unpaired) electrons. The zero-order valence-electron chi connectivity index (χ0n) is 16.0. The number of urea groups is 1. The Bertz CT molecular complexity index is 689. The molecular formula is C19H28N4O3S. The van der Waals surface area contributed by atoms with Crippen LogP contribution in [0, 0.1) is 12.8 Å². The fourth-order valence-electron chi connectivity index (χ4n) is 3.79. The standard InChI is InChI=1S/C19H28N4O3S/c1-13-3-8-16(27-13)18(25)22-9-11-23(12-10-22)19(26)21-15-6-4-14(5-7-15)17(24)20-2/h3,8,14-15H,4-7,9-12H2,1-2H3,(H,20,24)(H,21,26). The normalized spacial score (nSPS) is 23.0. The summed E-state index contributed by atoms with van der Waals surface area (Å²) < 4.78 is 0. The first-order chi connectivity index (χ1) is 13.0. The molecule has 1 aliphatic heterocycles. The summed E-state index contributed by atoms with van der Waals surface area (Å²) in [5.74, 6) is 0.223. The molecule has 0 spiro atoms. The molecule has 1 saturated heterocycles. The van der Waals surface area contributed by atoms with Gasteiger partial charge in [-0.05, 0) is 44.7 Å². The highest BCUT2D eigenvalue weighted by molar-refractivity contribution is 7.13. The van der Waals surface area contributed by atoms with E-state index in [9.17, 15) is 14.4 Å². The van der Waals surface area contributed by atoms with Crippen LogP contribution in [0.15, 0.2) is 12.1 Å². The number of piperazine rings is 1. The molecule has 0 atom stereocenters. The van der Waals surface area contributed by atoms with Crippen molar-refractivity contribution < 1.29 is 14.4 Å². The third kappa shape index (κ3) is 4.80. The van der Waals surface area contributed by atoms with Crippen LogP contribution in [-0.4, -0.2) is 66.9 Å². The number of carbonyl (C=O) groups excluding carboxylic acids is 3. The highest BCUT2D eigenvalue weighted by Crippen LogP contribution is 2.24. The summed E-state index contributed by atoms with van der Waals surface area (Å²) >= 11 is 1.51. The van der Waals surface area contributed by atoms with E-state index in [1.165, 1.54) is 11.3 Å². The lowest BCUT2D eigenvalue weighted by atomic mass is 9.85. The van der Waals surface area contributed by atoms with E-state index in [1.54, 1.807) is 11.9 Å². The predicted molar refractivity (Wildman–Crippen MR) is 105 cm³/mol. The van der Waals surface area contributed by atoms with E-state index in [1.807, 2.05) is 24.0 Å². The molecule has 2 N–H and O–H groups in total. The van der Waals surface area contributed by atoms with Gasteiger partial charge in [-0.2, -0.15) is 0 Å². The maximum Gasteiger partial charge on any atom is 0.317 e. The number of amides is 4. The molecule has 3 rings (SSSR count). The Balaban J connectivity index is 1.42. The highest BCUT2D eigenvalue weighted by Gasteiger charge is 2.29. The van der Waals surface area contributed by atoms with Gasteiger partial charge in [-0.1, -0.05) is 0 Å². The maximum atomic E-state index is 12.5. The second-order valence-electron chi connectivity index (χ2n) is 7.30. The van der Waals surface area contributed by atoms with Crippen molar-refractivity contribution in [3.05, 3.63) is 21.9 Å². The van der Waals surface area contributed by atoms with E-state index >= 15 is 0 Å². The number of nitrogens with one attached hydrogen (secondary N) is 2. The molecule has 8 heteroatoms. The van der Waals surface area contributed by atoms with Gasteiger partial charge in [-0.15, -0.1) is 11.3 Å². The fraction of sp³-hybridized carbons (Fsp3) is 0.632. The summed E-state index contributed by atoms with van der Waals surface area (Å²) in [6.07, 6.45) is 3.29. The number of rotatable bonds is 3. The van der Waals surface area contributed by atoms with Gasteiger partial charge in [0.05, 0.1) is 4.88 Å². The topological polar surface area (TPSA) is 81.8 Å². The number of nitrogens with zero attached hydrogens (tertiary/aromatic N) is 2. The van der Waals surface area contributed by atoms with Crippen molar-refractivity contribution in [1.82, 2.24) is 20.4 Å². The average Bonchev–Trinajstić information content (AvgIpc) is 3.13. The van der Waals surface area contributed by atoms with Crippen molar-refractivity contribution in [2.24, 2.45) is 5.92 Å². The van der Waals surface area contributed by atoms with Gasteiger partial charge in [0.25, 0.3) is 5.91 Å². The third-order valence-electron chi connectivity index (χ3n) is 5.48. The molecule has 1 aromatic heterocycles. The molecule has 0 aromatic carbocycles. The SMILES string of the molecule is CNC(=O)C1CCC(NC(=O)N2CCN(C(=O)c3ccc(C)s3)CC2)CC1. The van der Waals surface area contributed by atoms with Crippen molar-refractivity contribution in [2.45, 2.75) is 38.6 Å². The van der Waals surface area contributed by atoms with Crippen molar-refractivity contribution in [1.29, 1.82) is 0 Å². The van der Waals surface area contributed by atoms with Gasteiger partial charge < -0.3 is 20.4 Å². The molecule has 2 heterocycles. The second-order valence-corrected chi connectivity index (χ2v) is 8.59. The smallest absolute Gasteiger partial charge is 0.317 e. The van der Waals surface area contributed by atoms with E-state index in [0.29, 0.717) is 26.2 Å². The summed E-state index contributed by atoms with van der Waals surface area (Å²) in [6.45, 7) is 4.22. The van der Waals surface area contributed by atoms with Crippen LogP contribution in [0.5, 0.6) is 0 Å². The quantitative estimate of drug-likeness (QED) is 0.823. The van der Waals surface area contributed by atoms with Crippen LogP contribution in [0.4, 0.5) is 4.79 Å². The minimum atomic E-state index is -0.0579. The first-order valence-corrected chi connectivity index (χ1v) is 10.4. The number of carbonyl (C=O) groups is 3. The van der Waals surface area contributed by atoms with Crippen LogP contribution < -0.4 is 10.6 Å². The van der Waals surface area contributed by atoms with Gasteiger partial charge in [0.15, 0.2) is 0 Å². The van der Waals surface area contributed by atoms with Gasteiger partial charge in [0.2, 0.25) is 5.91 Å². The molecule has 2 fully saturated rings. The Labute approximate surface area is 164 Å². The predicted octanol–water partition coefficient (Wildman–Crippen LogP) is 1.83. The molecule has 0 bridgehead atoms. The first-order valence-electron chi connectivity index (χ1n) is 9.60. The third-order valence-corrected chi connectivity index (χ3v) is 6.47. The Hall–Kier alpha value is -2.09. The van der Waals surface area contributed by atoms with Gasteiger partial charge in [-0.25, -0.2) is 4.79 Å². The summed E-state index contributed by atoms with van der Waals surface area (Å²) in [4.78, 5) is 42.2. The Morgan fingerprint density at radius 2 is 1.63 bits per heavy atom. The van der Waals surface area contributed by atoms with Gasteiger partial charge in [0.1, 0.15) is 0 Å². The van der Waals surface area contributed by atoms with Crippen molar-refractivity contribution >= 4 is 29.2 Å². The molecule has 148 valence electrons. The number of thiophene rings is 1. The van der Waals surface area contributed by atoms with Crippen molar-refractivity contribution in [3.63, 3.8) is 0 Å². The van der Waals surface area contributed by atoms with Crippen LogP contribution in [0.25, 0.3) is 0 Å². The largest absolute Gasteiger partial charge is 0.359 e. The molecular weight excluding hydrogens is 364 g/mol. The molecule has 4 amide bonds. The Kier molecular flexibility index (Phi) is 6.36. The lowest BCUT2D eigenvalue weighted by Crippen LogP contribution is -2.54. The van der Waals surface area contributed by atoms with Crippen LogP contribution >= 0.6 is 11.3 Å². The minimum absolute atomic E-state index is 0.0562. The number of hydrogen-bond donors (Lipinski definition) is 2. The molecule has 7 nitrogen and oxygen atoms in total. The lowest BCUT2D eigenvalue weighted by Gasteiger charge is -2.36. The molecule has 0 unspecified atom stereocenters. The molecule has 1 aromatic rings. The lowest BCUT2D eigenvalue weighted by molar-refractivity contribution is -0.125. The molecule has 2 aliphatic rings. The average molecular weight is 393 g/mol. The zero-order chi connectivity index (χ0) is 19.4. The van der Waals surface area contributed by atoms with Gasteiger partial charge in [0, 0.05) is 50.1 Å². The summed E-state index contributed by atoms with van der Waals surface area (Å²) in [5, 5.41) is 5.80. The van der Waals surface area contributed by atoms with Gasteiger partial charge >= 0.3 is 6.03 Å². The van der Waals surface area contributed by atoms with Crippen LogP contribution in [-0.2, 0) is 4.79 Å². The van der Waals surface area contributed by atoms with Gasteiger partial charge in [-0.3, -0.25) is 9.59 Å². The summed E-state index contributed by atoms with van der Waals surface area (Å²) in [7, 11) is 1.67. The fourth-order valence-corrected chi connectivity index (χ4v) is 4.62. The maximum absolute atomic E-state index is 12.5. The molecule has 1 aliphatic carbocycles. The monoisotopic (exact) mass is 392 g/mol. The first kappa shape index (κ1) is 19.7. The van der Waals surface area contributed by atoms with Crippen LogP contribution in [0.1, 0.15) is 40.2 Å². The summed E-state index contributed by atoms with van der Waals surface area (Å²) in [5.41, 5.74) is 0. The van der Waals surface area contributed by atoms with E-state index < -0.39 is 0 Å². The summed E-state index contributed by atoms with van der Waals surface area (Å²) in [6, 6.07) is 3.90. The van der Waals surface area contributed by atoms with E-state index in [0.717, 1.165) is 35.4 Å². The van der Waals surface area contributed by atoms with Crippen molar-refractivity contribution in [3.8, 4) is 0 Å². The van der Waals surface area contributed by atoms with E-state index in [-0.39, 0.29) is 29.8 Å². The minimum Gasteiger partial charge on any atom is -0.359 e. The molecule has 1 saturated carbocycles. The Morgan fingerprint density at radius 3 is 2.19 bits per heavy atom. The zero-order valence-corrected chi connectivity index (χ0v) is 16.8. The molecule has 27 heavy (non-hydrogen) atoms. The van der Waals surface area contributed by atoms with E-state index in [4.69, 9.17) is 0 Å². The second kappa shape index (κ2) is 8.73.